The largest absolute Gasteiger partial charge is 0.489 e. The zero-order valence-electron chi connectivity index (χ0n) is 16.2. The Balaban J connectivity index is 1.64. The van der Waals surface area contributed by atoms with Gasteiger partial charge in [0.25, 0.3) is 5.91 Å². The Morgan fingerprint density at radius 2 is 1.89 bits per heavy atom. The van der Waals surface area contributed by atoms with Crippen LogP contribution in [0.3, 0.4) is 0 Å². The Morgan fingerprint density at radius 3 is 2.61 bits per heavy atom. The molecular weight excluding hydrogens is 358 g/mol. The van der Waals surface area contributed by atoms with Crippen molar-refractivity contribution in [1.82, 2.24) is 5.32 Å². The molecule has 0 spiro atoms. The highest BCUT2D eigenvalue weighted by atomic mass is 16.5. The standard InChI is InChI=1S/C22H23NO5/c1-14-10-21(24)28-20-11-18(8-9-19(14)20)27-13-16-4-6-17(7-5-16)22(25)23-15(2)12-26-3/h4-11,15H,12-13H2,1-3H3,(H,23,25)/t15-/m1/s1. The molecule has 0 radical (unpaired) electrons. The summed E-state index contributed by atoms with van der Waals surface area (Å²) >= 11 is 0. The third-order valence-electron chi connectivity index (χ3n) is 4.34. The van der Waals surface area contributed by atoms with Gasteiger partial charge in [-0.2, -0.15) is 0 Å². The molecule has 146 valence electrons. The second kappa shape index (κ2) is 8.71. The number of methoxy groups -OCH3 is 1. The molecule has 1 amide bonds. The molecule has 0 bridgehead atoms. The van der Waals surface area contributed by atoms with Crippen LogP contribution < -0.4 is 15.7 Å². The number of nitrogens with one attached hydrogen (secondary N) is 1. The van der Waals surface area contributed by atoms with E-state index >= 15 is 0 Å². The van der Waals surface area contributed by atoms with Crippen molar-refractivity contribution in [3.8, 4) is 5.75 Å². The second-order valence-electron chi connectivity index (χ2n) is 6.72. The third-order valence-corrected chi connectivity index (χ3v) is 4.34. The molecule has 0 fully saturated rings. The van der Waals surface area contributed by atoms with E-state index in [0.717, 1.165) is 16.5 Å². The first kappa shape index (κ1) is 19.6. The number of carbonyl (C=O) groups excluding carboxylic acids is 1. The van der Waals surface area contributed by atoms with Crippen molar-refractivity contribution < 1.29 is 18.7 Å². The van der Waals surface area contributed by atoms with E-state index in [2.05, 4.69) is 5.32 Å². The van der Waals surface area contributed by atoms with Crippen LogP contribution in [0.25, 0.3) is 11.0 Å². The van der Waals surface area contributed by atoms with Gasteiger partial charge in [0, 0.05) is 36.2 Å². The fourth-order valence-electron chi connectivity index (χ4n) is 2.91. The molecule has 0 unspecified atom stereocenters. The molecule has 1 heterocycles. The van der Waals surface area contributed by atoms with Crippen molar-refractivity contribution in [3.05, 3.63) is 75.6 Å². The summed E-state index contributed by atoms with van der Waals surface area (Å²) in [6, 6.07) is 14.1. The van der Waals surface area contributed by atoms with Gasteiger partial charge in [0.1, 0.15) is 17.9 Å². The van der Waals surface area contributed by atoms with Crippen molar-refractivity contribution in [2.45, 2.75) is 26.5 Å². The van der Waals surface area contributed by atoms with E-state index < -0.39 is 0 Å². The first-order chi connectivity index (χ1) is 13.5. The van der Waals surface area contributed by atoms with Crippen LogP contribution in [0.5, 0.6) is 5.75 Å². The van der Waals surface area contributed by atoms with Crippen LogP contribution in [0, 0.1) is 6.92 Å². The van der Waals surface area contributed by atoms with Gasteiger partial charge in [0.05, 0.1) is 6.61 Å². The van der Waals surface area contributed by atoms with Crippen LogP contribution in [0.15, 0.2) is 57.7 Å². The number of rotatable bonds is 7. The van der Waals surface area contributed by atoms with Gasteiger partial charge in [0.2, 0.25) is 0 Å². The van der Waals surface area contributed by atoms with Gasteiger partial charge >= 0.3 is 5.63 Å². The number of hydrogen-bond donors (Lipinski definition) is 1. The maximum Gasteiger partial charge on any atom is 0.336 e. The summed E-state index contributed by atoms with van der Waals surface area (Å²) in [5, 5.41) is 3.75. The molecular formula is C22H23NO5. The summed E-state index contributed by atoms with van der Waals surface area (Å²) in [4.78, 5) is 23.7. The Bertz CT molecular complexity index is 1020. The van der Waals surface area contributed by atoms with Crippen LogP contribution in [0.1, 0.15) is 28.4 Å². The minimum absolute atomic E-state index is 0.0582. The fraction of sp³-hybridized carbons (Fsp3) is 0.273. The molecule has 1 N–H and O–H groups in total. The third kappa shape index (κ3) is 4.78. The lowest BCUT2D eigenvalue weighted by Gasteiger charge is -2.13. The number of benzene rings is 2. The maximum absolute atomic E-state index is 12.2. The molecule has 0 aliphatic rings. The lowest BCUT2D eigenvalue weighted by Crippen LogP contribution is -2.35. The monoisotopic (exact) mass is 381 g/mol. The minimum atomic E-state index is -0.379. The van der Waals surface area contributed by atoms with E-state index in [4.69, 9.17) is 13.9 Å². The van der Waals surface area contributed by atoms with Crippen molar-refractivity contribution in [2.75, 3.05) is 13.7 Å². The summed E-state index contributed by atoms with van der Waals surface area (Å²) < 4.78 is 16.1. The highest BCUT2D eigenvalue weighted by molar-refractivity contribution is 5.94. The van der Waals surface area contributed by atoms with Crippen LogP contribution in [0.2, 0.25) is 0 Å². The van der Waals surface area contributed by atoms with Gasteiger partial charge in [-0.15, -0.1) is 0 Å². The fourth-order valence-corrected chi connectivity index (χ4v) is 2.91. The maximum atomic E-state index is 12.2. The molecule has 0 aliphatic carbocycles. The minimum Gasteiger partial charge on any atom is -0.489 e. The van der Waals surface area contributed by atoms with E-state index in [-0.39, 0.29) is 17.6 Å². The van der Waals surface area contributed by atoms with Gasteiger partial charge in [-0.05, 0) is 49.2 Å². The number of aryl methyl sites for hydroxylation is 1. The van der Waals surface area contributed by atoms with Crippen molar-refractivity contribution in [1.29, 1.82) is 0 Å². The number of amides is 1. The summed E-state index contributed by atoms with van der Waals surface area (Å²) in [6.07, 6.45) is 0. The van der Waals surface area contributed by atoms with E-state index in [1.807, 2.05) is 38.1 Å². The van der Waals surface area contributed by atoms with Gasteiger partial charge in [-0.1, -0.05) is 12.1 Å². The Morgan fingerprint density at radius 1 is 1.14 bits per heavy atom. The van der Waals surface area contributed by atoms with E-state index in [9.17, 15) is 9.59 Å². The molecule has 6 heteroatoms. The molecule has 2 aromatic carbocycles. The average Bonchev–Trinajstić information content (AvgIpc) is 2.66. The van der Waals surface area contributed by atoms with Gasteiger partial charge in [0.15, 0.2) is 0 Å². The topological polar surface area (TPSA) is 77.8 Å². The van der Waals surface area contributed by atoms with Crippen LogP contribution >= 0.6 is 0 Å². The molecule has 1 aromatic heterocycles. The smallest absolute Gasteiger partial charge is 0.336 e. The van der Waals surface area contributed by atoms with Gasteiger partial charge in [-0.3, -0.25) is 4.79 Å². The molecule has 0 aliphatic heterocycles. The van der Waals surface area contributed by atoms with E-state index in [1.54, 1.807) is 25.3 Å². The van der Waals surface area contributed by atoms with E-state index in [0.29, 0.717) is 30.1 Å². The molecule has 6 nitrogen and oxygen atoms in total. The summed E-state index contributed by atoms with van der Waals surface area (Å²) in [5.74, 6) is 0.466. The Labute approximate surface area is 163 Å². The predicted molar refractivity (Wildman–Crippen MR) is 107 cm³/mol. The quantitative estimate of drug-likeness (QED) is 0.634. The second-order valence-corrected chi connectivity index (χ2v) is 6.72. The lowest BCUT2D eigenvalue weighted by molar-refractivity contribution is 0.0905. The number of hydrogen-bond acceptors (Lipinski definition) is 5. The average molecular weight is 381 g/mol. The first-order valence-electron chi connectivity index (χ1n) is 9.02. The zero-order valence-corrected chi connectivity index (χ0v) is 16.2. The highest BCUT2D eigenvalue weighted by Gasteiger charge is 2.10. The molecule has 0 saturated heterocycles. The number of fused-ring (bicyclic) bond motifs is 1. The number of carbonyl (C=O) groups is 1. The lowest BCUT2D eigenvalue weighted by atomic mass is 10.1. The summed E-state index contributed by atoms with van der Waals surface area (Å²) in [6.45, 7) is 4.55. The predicted octanol–water partition coefficient (Wildman–Crippen LogP) is 3.45. The molecule has 3 rings (SSSR count). The van der Waals surface area contributed by atoms with Crippen LogP contribution in [-0.2, 0) is 11.3 Å². The first-order valence-corrected chi connectivity index (χ1v) is 9.02. The van der Waals surface area contributed by atoms with Crippen molar-refractivity contribution >= 4 is 16.9 Å². The van der Waals surface area contributed by atoms with E-state index in [1.165, 1.54) is 6.07 Å². The van der Waals surface area contributed by atoms with Crippen molar-refractivity contribution in [3.63, 3.8) is 0 Å². The zero-order chi connectivity index (χ0) is 20.1. The normalized spacial score (nSPS) is 12.0. The molecule has 1 atom stereocenters. The number of ether oxygens (including phenoxy) is 2. The molecule has 0 saturated carbocycles. The highest BCUT2D eigenvalue weighted by Crippen LogP contribution is 2.23. The van der Waals surface area contributed by atoms with Crippen LogP contribution in [0.4, 0.5) is 0 Å². The summed E-state index contributed by atoms with van der Waals surface area (Å²) in [7, 11) is 1.60. The molecule has 28 heavy (non-hydrogen) atoms. The Hall–Kier alpha value is -3.12. The summed E-state index contributed by atoms with van der Waals surface area (Å²) in [5.41, 5.74) is 2.49. The van der Waals surface area contributed by atoms with Gasteiger partial charge in [-0.25, -0.2) is 4.79 Å². The van der Waals surface area contributed by atoms with Gasteiger partial charge < -0.3 is 19.2 Å². The van der Waals surface area contributed by atoms with Crippen LogP contribution in [-0.4, -0.2) is 25.7 Å². The SMILES string of the molecule is COC[C@@H](C)NC(=O)c1ccc(COc2ccc3c(C)cc(=O)oc3c2)cc1. The Kier molecular flexibility index (Phi) is 6.11. The molecule has 3 aromatic rings. The van der Waals surface area contributed by atoms with Crippen molar-refractivity contribution in [2.24, 2.45) is 0 Å².